The first-order chi connectivity index (χ1) is 18.9. The number of anilines is 3. The van der Waals surface area contributed by atoms with Gasteiger partial charge in [0.05, 0.1) is 28.8 Å². The number of fused-ring (bicyclic) bond motifs is 1. The Balaban J connectivity index is 1.39. The van der Waals surface area contributed by atoms with E-state index >= 15 is 0 Å². The normalized spacial score (nSPS) is 15.4. The van der Waals surface area contributed by atoms with Crippen LogP contribution in [-0.4, -0.2) is 73.4 Å². The summed E-state index contributed by atoms with van der Waals surface area (Å²) in [6, 6.07) is 10.9. The summed E-state index contributed by atoms with van der Waals surface area (Å²) in [5.74, 6) is 2.56. The number of hydrogen-bond acceptors (Lipinski definition) is 9. The van der Waals surface area contributed by atoms with Crippen molar-refractivity contribution in [1.82, 2.24) is 24.8 Å². The minimum atomic E-state index is -1.04. The number of nitrogens with one attached hydrogen (secondary N) is 1. The topological polar surface area (TPSA) is 137 Å². The van der Waals surface area contributed by atoms with Gasteiger partial charge in [-0.3, -0.25) is 9.88 Å². The van der Waals surface area contributed by atoms with E-state index in [1.54, 1.807) is 6.20 Å². The summed E-state index contributed by atoms with van der Waals surface area (Å²) in [6.45, 7) is 4.76. The van der Waals surface area contributed by atoms with Gasteiger partial charge in [-0.15, -0.1) is 0 Å². The standard InChI is InChI=1S/C27H28BrN7O4/c1-3-17-4-6-20(12-29-17)39-23-7-5-18(10-16(23)2)32-25-24-22(30-15-31-25)11-21(28)26(33-24)34-8-9-35(27(37)38)19(13-34)14-36/h4-7,10-12,15,19,36H,3,8-9,13-14H2,1-2H3,(H,37,38)(H,30,31,32). The smallest absolute Gasteiger partial charge is 0.407 e. The largest absolute Gasteiger partial charge is 0.465 e. The van der Waals surface area contributed by atoms with Crippen molar-refractivity contribution in [3.8, 4) is 11.5 Å². The van der Waals surface area contributed by atoms with Gasteiger partial charge in [0.15, 0.2) is 5.82 Å². The number of halogens is 1. The molecule has 1 aliphatic rings. The van der Waals surface area contributed by atoms with E-state index in [2.05, 4.69) is 43.1 Å². The van der Waals surface area contributed by atoms with Crippen molar-refractivity contribution in [3.63, 3.8) is 0 Å². The highest BCUT2D eigenvalue weighted by Gasteiger charge is 2.31. The Kier molecular flexibility index (Phi) is 7.75. The molecule has 4 heterocycles. The number of carbonyl (C=O) groups is 1. The molecule has 4 aromatic rings. The van der Waals surface area contributed by atoms with Crippen LogP contribution in [-0.2, 0) is 6.42 Å². The predicted octanol–water partition coefficient (Wildman–Crippen LogP) is 4.75. The Labute approximate surface area is 233 Å². The third-order valence-corrected chi connectivity index (χ3v) is 7.19. The van der Waals surface area contributed by atoms with Crippen LogP contribution in [0.2, 0.25) is 0 Å². The second kappa shape index (κ2) is 11.4. The molecule has 1 saturated heterocycles. The third kappa shape index (κ3) is 5.71. The van der Waals surface area contributed by atoms with Gasteiger partial charge in [-0.2, -0.15) is 0 Å². The second-order valence-corrected chi connectivity index (χ2v) is 10.0. The van der Waals surface area contributed by atoms with Crippen LogP contribution in [0, 0.1) is 6.92 Å². The molecule has 1 fully saturated rings. The zero-order chi connectivity index (χ0) is 27.5. The first-order valence-corrected chi connectivity index (χ1v) is 13.3. The van der Waals surface area contributed by atoms with Gasteiger partial charge in [0.2, 0.25) is 0 Å². The maximum atomic E-state index is 11.5. The van der Waals surface area contributed by atoms with Crippen LogP contribution in [0.5, 0.6) is 11.5 Å². The number of hydrogen-bond donors (Lipinski definition) is 3. The molecular weight excluding hydrogens is 566 g/mol. The number of aliphatic hydroxyl groups is 1. The summed E-state index contributed by atoms with van der Waals surface area (Å²) in [6.07, 6.45) is 3.03. The Morgan fingerprint density at radius 3 is 2.72 bits per heavy atom. The number of carboxylic acid groups (broad SMARTS) is 1. The number of aliphatic hydroxyl groups excluding tert-OH is 1. The predicted molar refractivity (Wildman–Crippen MR) is 151 cm³/mol. The number of piperazine rings is 1. The summed E-state index contributed by atoms with van der Waals surface area (Å²) in [4.78, 5) is 32.8. The van der Waals surface area contributed by atoms with Crippen LogP contribution in [0.15, 0.2) is 53.4 Å². The number of aryl methyl sites for hydroxylation is 2. The molecule has 1 unspecified atom stereocenters. The molecule has 1 aliphatic heterocycles. The van der Waals surface area contributed by atoms with E-state index in [0.717, 1.165) is 33.6 Å². The highest BCUT2D eigenvalue weighted by molar-refractivity contribution is 9.10. The van der Waals surface area contributed by atoms with Gasteiger partial charge < -0.3 is 25.2 Å². The number of rotatable bonds is 7. The molecule has 11 nitrogen and oxygen atoms in total. The number of nitrogens with zero attached hydrogens (tertiary/aromatic N) is 6. The lowest BCUT2D eigenvalue weighted by atomic mass is 10.2. The summed E-state index contributed by atoms with van der Waals surface area (Å²) in [5, 5.41) is 22.5. The molecule has 39 heavy (non-hydrogen) atoms. The van der Waals surface area contributed by atoms with Crippen LogP contribution < -0.4 is 15.0 Å². The van der Waals surface area contributed by atoms with E-state index in [4.69, 9.17) is 9.72 Å². The fourth-order valence-electron chi connectivity index (χ4n) is 4.51. The molecule has 0 aliphatic carbocycles. The summed E-state index contributed by atoms with van der Waals surface area (Å²) < 4.78 is 6.74. The molecule has 0 spiro atoms. The van der Waals surface area contributed by atoms with Crippen molar-refractivity contribution in [2.75, 3.05) is 36.5 Å². The highest BCUT2D eigenvalue weighted by atomic mass is 79.9. The van der Waals surface area contributed by atoms with Crippen molar-refractivity contribution >= 4 is 50.4 Å². The van der Waals surface area contributed by atoms with Gasteiger partial charge in [-0.25, -0.2) is 19.7 Å². The van der Waals surface area contributed by atoms with Crippen molar-refractivity contribution in [1.29, 1.82) is 0 Å². The minimum Gasteiger partial charge on any atom is -0.465 e. The molecule has 0 radical (unpaired) electrons. The molecule has 1 aromatic carbocycles. The minimum absolute atomic E-state index is 0.260. The number of pyridine rings is 2. The molecule has 1 atom stereocenters. The van der Waals surface area contributed by atoms with E-state index in [9.17, 15) is 15.0 Å². The quantitative estimate of drug-likeness (QED) is 0.275. The maximum absolute atomic E-state index is 11.5. The second-order valence-electron chi connectivity index (χ2n) is 9.19. The maximum Gasteiger partial charge on any atom is 0.407 e. The summed E-state index contributed by atoms with van der Waals surface area (Å²) in [5.41, 5.74) is 3.96. The van der Waals surface area contributed by atoms with E-state index in [-0.39, 0.29) is 13.2 Å². The molecule has 12 heteroatoms. The zero-order valence-corrected chi connectivity index (χ0v) is 23.1. The van der Waals surface area contributed by atoms with E-state index in [0.29, 0.717) is 41.5 Å². The average Bonchev–Trinajstić information content (AvgIpc) is 2.94. The molecule has 1 amide bonds. The van der Waals surface area contributed by atoms with Crippen molar-refractivity contribution < 1.29 is 19.7 Å². The number of aromatic nitrogens is 4. The fourth-order valence-corrected chi connectivity index (χ4v) is 5.06. The Bertz CT molecular complexity index is 1500. The van der Waals surface area contributed by atoms with Gasteiger partial charge in [0, 0.05) is 31.0 Å². The van der Waals surface area contributed by atoms with Crippen LogP contribution in [0.3, 0.4) is 0 Å². The van der Waals surface area contributed by atoms with Crippen LogP contribution >= 0.6 is 15.9 Å². The lowest BCUT2D eigenvalue weighted by molar-refractivity contribution is 0.0909. The van der Waals surface area contributed by atoms with Crippen molar-refractivity contribution in [3.05, 3.63) is 64.7 Å². The summed E-state index contributed by atoms with van der Waals surface area (Å²) in [7, 11) is 0. The molecule has 3 aromatic heterocycles. The lowest BCUT2D eigenvalue weighted by Crippen LogP contribution is -2.56. The first-order valence-electron chi connectivity index (χ1n) is 12.5. The van der Waals surface area contributed by atoms with E-state index < -0.39 is 12.1 Å². The number of amides is 1. The zero-order valence-electron chi connectivity index (χ0n) is 21.5. The first kappa shape index (κ1) is 26.6. The van der Waals surface area contributed by atoms with Gasteiger partial charge in [0.1, 0.15) is 29.2 Å². The third-order valence-electron chi connectivity index (χ3n) is 6.61. The lowest BCUT2D eigenvalue weighted by Gasteiger charge is -2.40. The molecule has 5 rings (SSSR count). The Morgan fingerprint density at radius 2 is 2.03 bits per heavy atom. The van der Waals surface area contributed by atoms with Crippen molar-refractivity contribution in [2.24, 2.45) is 0 Å². The molecule has 3 N–H and O–H groups in total. The average molecular weight is 594 g/mol. The fraction of sp³-hybridized carbons (Fsp3) is 0.296. The van der Waals surface area contributed by atoms with Crippen LogP contribution in [0.1, 0.15) is 18.2 Å². The monoisotopic (exact) mass is 593 g/mol. The van der Waals surface area contributed by atoms with Gasteiger partial charge in [-0.1, -0.05) is 6.92 Å². The van der Waals surface area contributed by atoms with Gasteiger partial charge >= 0.3 is 6.09 Å². The highest BCUT2D eigenvalue weighted by Crippen LogP contribution is 2.33. The van der Waals surface area contributed by atoms with Crippen LogP contribution in [0.25, 0.3) is 11.0 Å². The number of benzene rings is 1. The molecule has 202 valence electrons. The Morgan fingerprint density at radius 1 is 1.18 bits per heavy atom. The Hall–Kier alpha value is -4.03. The number of ether oxygens (including phenoxy) is 1. The van der Waals surface area contributed by atoms with Gasteiger partial charge in [-0.05, 0) is 71.2 Å². The summed E-state index contributed by atoms with van der Waals surface area (Å²) >= 11 is 3.59. The molecule has 0 bridgehead atoms. The van der Waals surface area contributed by atoms with Gasteiger partial charge in [0.25, 0.3) is 0 Å². The molecule has 0 saturated carbocycles. The molecular formula is C27H28BrN7O4. The van der Waals surface area contributed by atoms with Crippen LogP contribution in [0.4, 0.5) is 22.1 Å². The van der Waals surface area contributed by atoms with E-state index in [1.165, 1.54) is 11.2 Å². The van der Waals surface area contributed by atoms with Crippen molar-refractivity contribution in [2.45, 2.75) is 26.3 Å². The SMILES string of the molecule is CCc1ccc(Oc2ccc(Nc3ncnc4cc(Br)c(N5CCN(C(=O)O)C(CO)C5)nc34)cc2C)cn1. The van der Waals surface area contributed by atoms with E-state index in [1.807, 2.05) is 48.2 Å².